The van der Waals surface area contributed by atoms with Crippen molar-refractivity contribution < 1.29 is 19.7 Å². The molecule has 0 spiro atoms. The molecule has 3 heterocycles. The molecule has 2 aromatic carbocycles. The Bertz CT molecular complexity index is 1420. The molecule has 2 fully saturated rings. The minimum atomic E-state index is -1.15. The number of benzene rings is 2. The molecule has 1 aliphatic heterocycles. The van der Waals surface area contributed by atoms with Gasteiger partial charge in [0.2, 0.25) is 0 Å². The third-order valence-electron chi connectivity index (χ3n) is 8.88. The highest BCUT2D eigenvalue weighted by Crippen LogP contribution is 2.34. The highest BCUT2D eigenvalue weighted by molar-refractivity contribution is 5.83. The second kappa shape index (κ2) is 13.5. The zero-order valence-electron chi connectivity index (χ0n) is 24.9. The fraction of sp³-hybridized carbons (Fsp3) is 0.485. The highest BCUT2D eigenvalue weighted by Gasteiger charge is 2.44. The number of hydrogen-bond acceptors (Lipinski definition) is 9. The van der Waals surface area contributed by atoms with Crippen LogP contribution in [0.1, 0.15) is 61.2 Å². The molecule has 228 valence electrons. The summed E-state index contributed by atoms with van der Waals surface area (Å²) < 4.78 is 13.0. The molecule has 3 N–H and O–H groups in total. The zero-order valence-corrected chi connectivity index (χ0v) is 24.9. The lowest BCUT2D eigenvalue weighted by molar-refractivity contribution is -0.0580. The SMILES string of the molecule is COCC1OC(n2cnc3c(NCC(c4ccccc4)c4ccccc4)nc(CN(C)C4CCCCC4)nc32)C(O)C1O. The fourth-order valence-corrected chi connectivity index (χ4v) is 6.47. The molecule has 43 heavy (non-hydrogen) atoms. The lowest BCUT2D eigenvalue weighted by Gasteiger charge is -2.30. The predicted octanol–water partition coefficient (Wildman–Crippen LogP) is 4.10. The minimum Gasteiger partial charge on any atom is -0.387 e. The van der Waals surface area contributed by atoms with Crippen LogP contribution in [0.5, 0.6) is 0 Å². The first kappa shape index (κ1) is 29.7. The molecule has 1 aliphatic carbocycles. The van der Waals surface area contributed by atoms with Gasteiger partial charge in [-0.1, -0.05) is 79.9 Å². The summed E-state index contributed by atoms with van der Waals surface area (Å²) >= 11 is 0. The van der Waals surface area contributed by atoms with Crippen molar-refractivity contribution in [3.05, 3.63) is 83.9 Å². The van der Waals surface area contributed by atoms with Crippen LogP contribution in [-0.4, -0.2) is 86.3 Å². The quantitative estimate of drug-likeness (QED) is 0.239. The Kier molecular flexibility index (Phi) is 9.30. The van der Waals surface area contributed by atoms with Crippen molar-refractivity contribution in [1.29, 1.82) is 0 Å². The third-order valence-corrected chi connectivity index (χ3v) is 8.88. The number of methoxy groups -OCH3 is 1. The average molecular weight is 587 g/mol. The number of nitrogens with one attached hydrogen (secondary N) is 1. The molecule has 10 nitrogen and oxygen atoms in total. The highest BCUT2D eigenvalue weighted by atomic mass is 16.6. The lowest BCUT2D eigenvalue weighted by atomic mass is 9.91. The number of hydrogen-bond donors (Lipinski definition) is 3. The number of ether oxygens (including phenoxy) is 2. The summed E-state index contributed by atoms with van der Waals surface area (Å²) in [6.45, 7) is 1.35. The van der Waals surface area contributed by atoms with E-state index in [1.807, 2.05) is 12.1 Å². The smallest absolute Gasteiger partial charge is 0.168 e. The minimum absolute atomic E-state index is 0.0906. The fourth-order valence-electron chi connectivity index (χ4n) is 6.47. The topological polar surface area (TPSA) is 118 Å². The molecule has 2 aliphatic rings. The van der Waals surface area contributed by atoms with Gasteiger partial charge in [0.05, 0.1) is 19.5 Å². The van der Waals surface area contributed by atoms with Gasteiger partial charge in [-0.2, -0.15) is 0 Å². The number of anilines is 1. The summed E-state index contributed by atoms with van der Waals surface area (Å²) in [6.07, 6.45) is 4.01. The van der Waals surface area contributed by atoms with Gasteiger partial charge in [-0.15, -0.1) is 0 Å². The number of aromatic nitrogens is 4. The molecule has 10 heteroatoms. The van der Waals surface area contributed by atoms with Gasteiger partial charge in [-0.3, -0.25) is 9.47 Å². The van der Waals surface area contributed by atoms with Crippen molar-refractivity contribution in [2.24, 2.45) is 0 Å². The standard InChI is InChI=1S/C33H42N6O4/c1-38(24-16-10-5-11-17-24)19-27-36-31(34-18-25(22-12-6-3-7-13-22)23-14-8-4-9-15-23)28-32(37-27)39(21-35-28)33-30(41)29(40)26(43-33)20-42-2/h3-4,6-9,12-15,21,24-26,29-30,33,40-41H,5,10-11,16-20H2,1-2H3,(H,34,36,37). The maximum atomic E-state index is 10.9. The Morgan fingerprint density at radius 3 is 2.30 bits per heavy atom. The molecule has 1 saturated heterocycles. The maximum absolute atomic E-state index is 10.9. The number of rotatable bonds is 11. The van der Waals surface area contributed by atoms with Crippen molar-refractivity contribution in [3.63, 3.8) is 0 Å². The largest absolute Gasteiger partial charge is 0.387 e. The summed E-state index contributed by atoms with van der Waals surface area (Å²) in [7, 11) is 3.69. The van der Waals surface area contributed by atoms with Gasteiger partial charge >= 0.3 is 0 Å². The average Bonchev–Trinajstić information content (AvgIpc) is 3.59. The Labute approximate surface area is 252 Å². The van der Waals surface area contributed by atoms with E-state index in [2.05, 4.69) is 70.8 Å². The summed E-state index contributed by atoms with van der Waals surface area (Å²) in [5.74, 6) is 1.39. The van der Waals surface area contributed by atoms with Crippen LogP contribution < -0.4 is 5.32 Å². The van der Waals surface area contributed by atoms with Gasteiger partial charge in [0.15, 0.2) is 23.2 Å². The van der Waals surface area contributed by atoms with Gasteiger partial charge in [0, 0.05) is 25.6 Å². The Balaban J connectivity index is 1.35. The first-order valence-electron chi connectivity index (χ1n) is 15.3. The van der Waals surface area contributed by atoms with Gasteiger partial charge in [0.1, 0.15) is 24.1 Å². The summed E-state index contributed by atoms with van der Waals surface area (Å²) in [5, 5.41) is 25.2. The van der Waals surface area contributed by atoms with E-state index in [9.17, 15) is 10.2 Å². The maximum Gasteiger partial charge on any atom is 0.168 e. The third kappa shape index (κ3) is 6.44. The van der Waals surface area contributed by atoms with Crippen LogP contribution in [0, 0.1) is 0 Å². The van der Waals surface area contributed by atoms with E-state index in [4.69, 9.17) is 19.4 Å². The van der Waals surface area contributed by atoms with Crippen molar-refractivity contribution in [2.75, 3.05) is 32.6 Å². The van der Waals surface area contributed by atoms with E-state index in [1.165, 1.54) is 43.2 Å². The second-order valence-corrected chi connectivity index (χ2v) is 11.8. The van der Waals surface area contributed by atoms with E-state index in [0.717, 1.165) is 0 Å². The van der Waals surface area contributed by atoms with Gasteiger partial charge in [-0.25, -0.2) is 15.0 Å². The Hall–Kier alpha value is -3.41. The molecule has 0 radical (unpaired) electrons. The van der Waals surface area contributed by atoms with Crippen LogP contribution in [0.2, 0.25) is 0 Å². The lowest BCUT2D eigenvalue weighted by Crippen LogP contribution is -2.34. The zero-order chi connectivity index (χ0) is 29.8. The number of nitrogens with zero attached hydrogens (tertiary/aromatic N) is 5. The molecular formula is C33H42N6O4. The molecular weight excluding hydrogens is 544 g/mol. The van der Waals surface area contributed by atoms with Crippen LogP contribution in [-0.2, 0) is 16.0 Å². The van der Waals surface area contributed by atoms with Crippen LogP contribution in [0.15, 0.2) is 67.0 Å². The Morgan fingerprint density at radius 2 is 1.65 bits per heavy atom. The van der Waals surface area contributed by atoms with Gasteiger partial charge in [0.25, 0.3) is 0 Å². The molecule has 4 aromatic rings. The van der Waals surface area contributed by atoms with Gasteiger partial charge < -0.3 is 25.0 Å². The number of aliphatic hydroxyl groups excluding tert-OH is 2. The van der Waals surface area contributed by atoms with Gasteiger partial charge in [-0.05, 0) is 31.0 Å². The monoisotopic (exact) mass is 586 g/mol. The molecule has 1 saturated carbocycles. The molecule has 4 atom stereocenters. The molecule has 2 aromatic heterocycles. The second-order valence-electron chi connectivity index (χ2n) is 11.8. The van der Waals surface area contributed by atoms with Crippen molar-refractivity contribution in [1.82, 2.24) is 24.4 Å². The first-order chi connectivity index (χ1) is 21.0. The number of fused-ring (bicyclic) bond motifs is 1. The molecule has 6 rings (SSSR count). The van der Waals surface area contributed by atoms with E-state index < -0.39 is 24.5 Å². The van der Waals surface area contributed by atoms with Crippen LogP contribution in [0.3, 0.4) is 0 Å². The van der Waals surface area contributed by atoms with E-state index >= 15 is 0 Å². The number of aliphatic hydroxyl groups is 2. The summed E-state index contributed by atoms with van der Waals surface area (Å²) in [6, 6.07) is 21.4. The van der Waals surface area contributed by atoms with Crippen LogP contribution >= 0.6 is 0 Å². The normalized spacial score (nSPS) is 23.0. The molecule has 0 bridgehead atoms. The van der Waals surface area contributed by atoms with Crippen LogP contribution in [0.4, 0.5) is 5.82 Å². The summed E-state index contributed by atoms with van der Waals surface area (Å²) in [5.41, 5.74) is 3.55. The molecule has 4 unspecified atom stereocenters. The Morgan fingerprint density at radius 1 is 0.977 bits per heavy atom. The van der Waals surface area contributed by atoms with E-state index in [0.29, 0.717) is 41.9 Å². The first-order valence-corrected chi connectivity index (χ1v) is 15.3. The molecule has 0 amide bonds. The van der Waals surface area contributed by atoms with Crippen molar-refractivity contribution in [2.45, 2.75) is 75.1 Å². The van der Waals surface area contributed by atoms with E-state index in [-0.39, 0.29) is 12.5 Å². The van der Waals surface area contributed by atoms with Crippen molar-refractivity contribution >= 4 is 17.0 Å². The van der Waals surface area contributed by atoms with Crippen LogP contribution in [0.25, 0.3) is 11.2 Å². The van der Waals surface area contributed by atoms with E-state index in [1.54, 1.807) is 18.0 Å². The summed E-state index contributed by atoms with van der Waals surface area (Å²) in [4.78, 5) is 17.0. The number of imidazole rings is 1. The predicted molar refractivity (Wildman–Crippen MR) is 165 cm³/mol. The van der Waals surface area contributed by atoms with Crippen molar-refractivity contribution in [3.8, 4) is 0 Å².